The Labute approximate surface area is 110 Å². The van der Waals surface area contributed by atoms with Gasteiger partial charge in [-0.1, -0.05) is 0 Å². The minimum absolute atomic E-state index is 0. The van der Waals surface area contributed by atoms with Gasteiger partial charge in [0.25, 0.3) is 0 Å². The van der Waals surface area contributed by atoms with Crippen LogP contribution in [0.2, 0.25) is 0 Å². The van der Waals surface area contributed by atoms with Crippen molar-refractivity contribution < 1.29 is 48.0 Å². The van der Waals surface area contributed by atoms with Crippen molar-refractivity contribution in [2.24, 2.45) is 0 Å². The molecular formula is C4H10Cl2NNaO4S. The molecule has 0 saturated carbocycles. The van der Waals surface area contributed by atoms with Crippen molar-refractivity contribution in [2.45, 2.75) is 19.4 Å². The molecular weight excluding hydrogens is 252 g/mol. The Morgan fingerprint density at radius 3 is 1.77 bits per heavy atom. The summed E-state index contributed by atoms with van der Waals surface area (Å²) in [5, 5.41) is 0. The Morgan fingerprint density at radius 1 is 1.38 bits per heavy atom. The van der Waals surface area contributed by atoms with Crippen LogP contribution in [0.5, 0.6) is 0 Å². The third-order valence-corrected chi connectivity index (χ3v) is 2.96. The van der Waals surface area contributed by atoms with Gasteiger partial charge in [0, 0.05) is 0 Å². The van der Waals surface area contributed by atoms with Gasteiger partial charge in [0.05, 0.1) is 21.4 Å². The van der Waals surface area contributed by atoms with Crippen LogP contribution in [0.25, 0.3) is 0 Å². The molecule has 0 aromatic carbocycles. The standard InChI is InChI=1S/C4H9Cl2NO3S.Na.H2O/c1-4(2,7(5)6)3-11(8,9)10;;/h3H2,1-2H3,(H,8,9,10);;1H2/q;+1;/p-1. The first-order chi connectivity index (χ1) is 4.65. The molecule has 13 heavy (non-hydrogen) atoms. The average Bonchev–Trinajstić information content (AvgIpc) is 1.56. The van der Waals surface area contributed by atoms with Crippen molar-refractivity contribution in [3.8, 4) is 0 Å². The van der Waals surface area contributed by atoms with Crippen LogP contribution in [0.15, 0.2) is 0 Å². The van der Waals surface area contributed by atoms with Gasteiger partial charge in [0.2, 0.25) is 0 Å². The van der Waals surface area contributed by atoms with Gasteiger partial charge in [0.1, 0.15) is 0 Å². The first kappa shape index (κ1) is 19.9. The molecule has 0 radical (unpaired) electrons. The molecule has 0 aliphatic carbocycles. The van der Waals surface area contributed by atoms with Crippen LogP contribution in [0.3, 0.4) is 0 Å². The predicted octanol–water partition coefficient (Wildman–Crippen LogP) is -2.90. The molecule has 0 aromatic heterocycles. The van der Waals surface area contributed by atoms with Crippen LogP contribution in [0.1, 0.15) is 13.8 Å². The number of hydrogen-bond donors (Lipinski definition) is 0. The molecule has 0 unspecified atom stereocenters. The topological polar surface area (TPSA) is 91.9 Å². The summed E-state index contributed by atoms with van der Waals surface area (Å²) in [6.45, 7) is 2.89. The normalized spacial score (nSPS) is 11.8. The molecule has 76 valence electrons. The largest absolute Gasteiger partial charge is 1.00 e. The summed E-state index contributed by atoms with van der Waals surface area (Å²) in [6.07, 6.45) is 0. The van der Waals surface area contributed by atoms with Gasteiger partial charge in [-0.05, 0) is 37.4 Å². The Kier molecular flexibility index (Phi) is 10.4. The second-order valence-electron chi connectivity index (χ2n) is 2.75. The maximum atomic E-state index is 10.3. The molecule has 0 aromatic rings. The van der Waals surface area contributed by atoms with Crippen molar-refractivity contribution in [1.29, 1.82) is 0 Å². The van der Waals surface area contributed by atoms with E-state index in [1.807, 2.05) is 0 Å². The van der Waals surface area contributed by atoms with E-state index in [0.29, 0.717) is 3.94 Å². The van der Waals surface area contributed by atoms with Gasteiger partial charge in [-0.25, -0.2) is 8.42 Å². The second-order valence-corrected chi connectivity index (χ2v) is 5.00. The van der Waals surface area contributed by atoms with Gasteiger partial charge < -0.3 is 10.0 Å². The van der Waals surface area contributed by atoms with E-state index in [4.69, 9.17) is 23.6 Å². The number of nitrogens with zero attached hydrogens (tertiary/aromatic N) is 1. The zero-order valence-corrected chi connectivity index (χ0v) is 11.9. The first-order valence-electron chi connectivity index (χ1n) is 2.70. The van der Waals surface area contributed by atoms with Gasteiger partial charge in [-0.15, -0.1) is 3.94 Å². The van der Waals surface area contributed by atoms with Crippen LogP contribution in [-0.4, -0.2) is 33.7 Å². The van der Waals surface area contributed by atoms with Crippen LogP contribution in [0, 0.1) is 0 Å². The molecule has 0 heterocycles. The number of halogens is 2. The van der Waals surface area contributed by atoms with Crippen molar-refractivity contribution in [2.75, 3.05) is 5.75 Å². The SMILES string of the molecule is CC(C)(CS(=O)(=O)[O-])N(Cl)Cl.O.[Na+]. The maximum Gasteiger partial charge on any atom is 1.00 e. The smallest absolute Gasteiger partial charge is 0.748 e. The summed E-state index contributed by atoms with van der Waals surface area (Å²) in [7, 11) is -4.29. The van der Waals surface area contributed by atoms with Crippen molar-refractivity contribution in [3.05, 3.63) is 0 Å². The van der Waals surface area contributed by atoms with Gasteiger partial charge in [-0.3, -0.25) is 0 Å². The van der Waals surface area contributed by atoms with E-state index in [0.717, 1.165) is 0 Å². The maximum absolute atomic E-state index is 10.3. The summed E-state index contributed by atoms with van der Waals surface area (Å²) in [5.41, 5.74) is -1.05. The van der Waals surface area contributed by atoms with Gasteiger partial charge >= 0.3 is 29.6 Å². The number of rotatable bonds is 3. The Morgan fingerprint density at radius 2 is 1.69 bits per heavy atom. The monoisotopic (exact) mass is 261 g/mol. The fourth-order valence-electron chi connectivity index (χ4n) is 0.481. The van der Waals surface area contributed by atoms with Gasteiger partial charge in [0.15, 0.2) is 0 Å². The van der Waals surface area contributed by atoms with E-state index in [1.54, 1.807) is 0 Å². The summed E-state index contributed by atoms with van der Waals surface area (Å²) in [5.74, 6) is -0.618. The molecule has 0 rings (SSSR count). The Balaban J connectivity index is -0.000000500. The third-order valence-electron chi connectivity index (χ3n) is 0.988. The summed E-state index contributed by atoms with van der Waals surface area (Å²) in [6, 6.07) is 0. The summed E-state index contributed by atoms with van der Waals surface area (Å²) in [4.78, 5) is 0. The summed E-state index contributed by atoms with van der Waals surface area (Å²) < 4.78 is 31.4. The van der Waals surface area contributed by atoms with Crippen LogP contribution in [0.4, 0.5) is 0 Å². The van der Waals surface area contributed by atoms with E-state index in [1.165, 1.54) is 13.8 Å². The fourth-order valence-corrected chi connectivity index (χ4v) is 1.74. The Hall–Kier alpha value is 1.41. The van der Waals surface area contributed by atoms with E-state index >= 15 is 0 Å². The molecule has 0 fully saturated rings. The van der Waals surface area contributed by atoms with E-state index in [-0.39, 0.29) is 35.0 Å². The van der Waals surface area contributed by atoms with Crippen LogP contribution in [-0.2, 0) is 10.1 Å². The fraction of sp³-hybridized carbons (Fsp3) is 1.00. The molecule has 9 heteroatoms. The molecule has 0 bridgehead atoms. The second kappa shape index (κ2) is 6.81. The average molecular weight is 262 g/mol. The van der Waals surface area contributed by atoms with E-state index < -0.39 is 21.4 Å². The molecule has 2 N–H and O–H groups in total. The van der Waals surface area contributed by atoms with E-state index in [2.05, 4.69) is 0 Å². The third kappa shape index (κ3) is 9.71. The molecule has 0 atom stereocenters. The van der Waals surface area contributed by atoms with Crippen LogP contribution < -0.4 is 29.6 Å². The molecule has 5 nitrogen and oxygen atoms in total. The quantitative estimate of drug-likeness (QED) is 0.310. The molecule has 0 aliphatic rings. The van der Waals surface area contributed by atoms with Gasteiger partial charge in [-0.2, -0.15) is 0 Å². The Bertz CT molecular complexity index is 230. The summed E-state index contributed by atoms with van der Waals surface area (Å²) >= 11 is 10.5. The van der Waals surface area contributed by atoms with Crippen molar-refractivity contribution in [3.63, 3.8) is 0 Å². The molecule has 0 aliphatic heterocycles. The van der Waals surface area contributed by atoms with E-state index in [9.17, 15) is 13.0 Å². The minimum Gasteiger partial charge on any atom is -0.748 e. The molecule has 0 spiro atoms. The molecule has 0 saturated heterocycles. The van der Waals surface area contributed by atoms with Crippen LogP contribution >= 0.6 is 23.6 Å². The number of hydrogen-bond acceptors (Lipinski definition) is 4. The van der Waals surface area contributed by atoms with Crippen molar-refractivity contribution in [1.82, 2.24) is 3.94 Å². The first-order valence-corrected chi connectivity index (χ1v) is 4.96. The zero-order chi connectivity index (χ0) is 9.28. The zero-order valence-electron chi connectivity index (χ0n) is 7.54. The molecule has 0 amide bonds. The van der Waals surface area contributed by atoms with Crippen molar-refractivity contribution >= 4 is 33.7 Å². The minimum atomic E-state index is -4.29. The predicted molar refractivity (Wildman–Crippen MR) is 45.8 cm³/mol.